The molecule has 0 atom stereocenters. The zero-order chi connectivity index (χ0) is 17.5. The first kappa shape index (κ1) is 17.6. The number of rotatable bonds is 6. The van der Waals surface area contributed by atoms with Gasteiger partial charge in [-0.2, -0.15) is 5.26 Å². The Morgan fingerprint density at radius 1 is 1.08 bits per heavy atom. The van der Waals surface area contributed by atoms with Gasteiger partial charge in [0.05, 0.1) is 12.5 Å². The molecule has 2 aromatic rings. The topological polar surface area (TPSA) is 53.3 Å². The summed E-state index contributed by atoms with van der Waals surface area (Å²) < 4.78 is 5.59. The summed E-state index contributed by atoms with van der Waals surface area (Å²) in [5.74, 6) is 0.503. The highest BCUT2D eigenvalue weighted by molar-refractivity contribution is 5.94. The lowest BCUT2D eigenvalue weighted by Gasteiger charge is -2.22. The fourth-order valence-electron chi connectivity index (χ4n) is 2.31. The van der Waals surface area contributed by atoms with Crippen molar-refractivity contribution in [3.05, 3.63) is 59.2 Å². The molecule has 0 aliphatic heterocycles. The van der Waals surface area contributed by atoms with Gasteiger partial charge in [0.25, 0.3) is 5.91 Å². The van der Waals surface area contributed by atoms with Crippen LogP contribution in [0.2, 0.25) is 0 Å². The second kappa shape index (κ2) is 8.16. The third kappa shape index (κ3) is 4.60. The minimum Gasteiger partial charge on any atom is -0.484 e. The van der Waals surface area contributed by atoms with Gasteiger partial charge < -0.3 is 9.64 Å². The van der Waals surface area contributed by atoms with Crippen molar-refractivity contribution in [1.29, 1.82) is 5.26 Å². The smallest absolute Gasteiger partial charge is 0.264 e. The maximum atomic E-state index is 12.6. The fourth-order valence-corrected chi connectivity index (χ4v) is 2.31. The number of aryl methyl sites for hydroxylation is 3. The number of hydrogen-bond acceptors (Lipinski definition) is 3. The van der Waals surface area contributed by atoms with Gasteiger partial charge in [0.2, 0.25) is 0 Å². The van der Waals surface area contributed by atoms with E-state index >= 15 is 0 Å². The van der Waals surface area contributed by atoms with E-state index in [4.69, 9.17) is 10.00 Å². The number of hydrogen-bond donors (Lipinski definition) is 0. The molecule has 0 unspecified atom stereocenters. The van der Waals surface area contributed by atoms with Crippen LogP contribution in [0.4, 0.5) is 5.69 Å². The maximum absolute atomic E-state index is 12.6. The molecule has 0 aliphatic carbocycles. The molecule has 2 rings (SSSR count). The second-order valence-corrected chi connectivity index (χ2v) is 5.82. The number of ether oxygens (including phenoxy) is 1. The molecule has 2 aromatic carbocycles. The van der Waals surface area contributed by atoms with Crippen LogP contribution >= 0.6 is 0 Å². The van der Waals surface area contributed by atoms with E-state index in [-0.39, 0.29) is 18.9 Å². The van der Waals surface area contributed by atoms with Crippen LogP contribution in [0, 0.1) is 32.1 Å². The van der Waals surface area contributed by atoms with E-state index in [1.54, 1.807) is 4.90 Å². The molecule has 4 nitrogen and oxygen atoms in total. The minimum absolute atomic E-state index is 0.0542. The van der Waals surface area contributed by atoms with Crippen LogP contribution in [0.1, 0.15) is 23.1 Å². The SMILES string of the molecule is Cc1ccc(OCC(=O)N(CCC#N)c2ccc(C)c(C)c2)cc1. The molecule has 0 radical (unpaired) electrons. The summed E-state index contributed by atoms with van der Waals surface area (Å²) in [6, 6.07) is 15.5. The first-order chi connectivity index (χ1) is 11.5. The zero-order valence-corrected chi connectivity index (χ0v) is 14.4. The monoisotopic (exact) mass is 322 g/mol. The van der Waals surface area contributed by atoms with Crippen LogP contribution in [0.25, 0.3) is 0 Å². The molecule has 124 valence electrons. The van der Waals surface area contributed by atoms with E-state index in [1.165, 1.54) is 5.56 Å². The van der Waals surface area contributed by atoms with Crippen molar-refractivity contribution in [2.45, 2.75) is 27.2 Å². The van der Waals surface area contributed by atoms with Gasteiger partial charge in [-0.05, 0) is 56.2 Å². The lowest BCUT2D eigenvalue weighted by Crippen LogP contribution is -2.35. The predicted molar refractivity (Wildman–Crippen MR) is 95.2 cm³/mol. The Kier molecular flexibility index (Phi) is 5.97. The summed E-state index contributed by atoms with van der Waals surface area (Å²) in [4.78, 5) is 14.2. The summed E-state index contributed by atoms with van der Waals surface area (Å²) in [6.45, 7) is 6.34. The molecular formula is C20H22N2O2. The number of carbonyl (C=O) groups is 1. The lowest BCUT2D eigenvalue weighted by atomic mass is 10.1. The van der Waals surface area contributed by atoms with E-state index in [9.17, 15) is 4.79 Å². The predicted octanol–water partition coefficient (Wildman–Crippen LogP) is 3.94. The minimum atomic E-state index is -0.158. The van der Waals surface area contributed by atoms with Gasteiger partial charge >= 0.3 is 0 Å². The number of carbonyl (C=O) groups excluding carboxylic acids is 1. The molecule has 0 aliphatic rings. The molecule has 0 N–H and O–H groups in total. The number of nitriles is 1. The molecule has 0 spiro atoms. The summed E-state index contributed by atoms with van der Waals surface area (Å²) in [5, 5.41) is 8.86. The van der Waals surface area contributed by atoms with Crippen LogP contribution in [0.5, 0.6) is 5.75 Å². The standard InChI is InChI=1S/C20H22N2O2/c1-15-5-9-19(10-6-15)24-14-20(23)22(12-4-11-21)18-8-7-16(2)17(3)13-18/h5-10,13H,4,12,14H2,1-3H3. The van der Waals surface area contributed by atoms with Crippen LogP contribution in [0.3, 0.4) is 0 Å². The molecule has 0 aromatic heterocycles. The van der Waals surface area contributed by atoms with Crippen molar-refractivity contribution < 1.29 is 9.53 Å². The van der Waals surface area contributed by atoms with Crippen molar-refractivity contribution in [3.8, 4) is 11.8 Å². The first-order valence-electron chi connectivity index (χ1n) is 7.95. The summed E-state index contributed by atoms with van der Waals surface area (Å²) >= 11 is 0. The number of amides is 1. The van der Waals surface area contributed by atoms with E-state index in [2.05, 4.69) is 6.07 Å². The van der Waals surface area contributed by atoms with Crippen LogP contribution < -0.4 is 9.64 Å². The van der Waals surface area contributed by atoms with Crippen molar-refractivity contribution in [1.82, 2.24) is 0 Å². The summed E-state index contributed by atoms with van der Waals surface area (Å²) in [6.07, 6.45) is 0.281. The Morgan fingerprint density at radius 3 is 2.42 bits per heavy atom. The third-order valence-corrected chi connectivity index (χ3v) is 3.93. The third-order valence-electron chi connectivity index (χ3n) is 3.93. The summed E-state index contributed by atoms with van der Waals surface area (Å²) in [5.41, 5.74) is 4.22. The number of benzene rings is 2. The van der Waals surface area contributed by atoms with Crippen LogP contribution in [-0.4, -0.2) is 19.1 Å². The highest BCUT2D eigenvalue weighted by Crippen LogP contribution is 2.20. The van der Waals surface area contributed by atoms with Crippen LogP contribution in [0.15, 0.2) is 42.5 Å². The van der Waals surface area contributed by atoms with E-state index < -0.39 is 0 Å². The quantitative estimate of drug-likeness (QED) is 0.809. The molecule has 0 bridgehead atoms. The normalized spacial score (nSPS) is 10.1. The Labute approximate surface area is 143 Å². The second-order valence-electron chi connectivity index (χ2n) is 5.82. The van der Waals surface area contributed by atoms with Gasteiger partial charge in [-0.3, -0.25) is 4.79 Å². The summed E-state index contributed by atoms with van der Waals surface area (Å²) in [7, 11) is 0. The van der Waals surface area contributed by atoms with Gasteiger partial charge in [0.15, 0.2) is 6.61 Å². The Hall–Kier alpha value is -2.80. The Balaban J connectivity index is 2.11. The Morgan fingerprint density at radius 2 is 1.79 bits per heavy atom. The van der Waals surface area contributed by atoms with E-state index in [0.29, 0.717) is 12.3 Å². The molecule has 0 fully saturated rings. The lowest BCUT2D eigenvalue weighted by molar-refractivity contribution is -0.120. The van der Waals surface area contributed by atoms with Crippen molar-refractivity contribution in [2.24, 2.45) is 0 Å². The van der Waals surface area contributed by atoms with Gasteiger partial charge in [-0.15, -0.1) is 0 Å². The van der Waals surface area contributed by atoms with Gasteiger partial charge in [-0.1, -0.05) is 23.8 Å². The highest BCUT2D eigenvalue weighted by atomic mass is 16.5. The van der Waals surface area contributed by atoms with Crippen molar-refractivity contribution in [3.63, 3.8) is 0 Å². The molecule has 24 heavy (non-hydrogen) atoms. The largest absolute Gasteiger partial charge is 0.484 e. The average Bonchev–Trinajstić information content (AvgIpc) is 2.57. The molecule has 4 heteroatoms. The average molecular weight is 322 g/mol. The van der Waals surface area contributed by atoms with E-state index in [1.807, 2.05) is 63.2 Å². The maximum Gasteiger partial charge on any atom is 0.264 e. The first-order valence-corrected chi connectivity index (χ1v) is 7.95. The molecular weight excluding hydrogens is 300 g/mol. The fraction of sp³-hybridized carbons (Fsp3) is 0.300. The molecule has 0 heterocycles. The van der Waals surface area contributed by atoms with Crippen molar-refractivity contribution in [2.75, 3.05) is 18.1 Å². The van der Waals surface area contributed by atoms with Gasteiger partial charge in [0, 0.05) is 12.2 Å². The van der Waals surface area contributed by atoms with Crippen molar-refractivity contribution >= 4 is 11.6 Å². The highest BCUT2D eigenvalue weighted by Gasteiger charge is 2.16. The Bertz CT molecular complexity index is 745. The number of nitrogens with zero attached hydrogens (tertiary/aromatic N) is 2. The number of anilines is 1. The zero-order valence-electron chi connectivity index (χ0n) is 14.4. The molecule has 0 saturated carbocycles. The van der Waals surface area contributed by atoms with Crippen LogP contribution in [-0.2, 0) is 4.79 Å². The van der Waals surface area contributed by atoms with E-state index in [0.717, 1.165) is 16.8 Å². The molecule has 0 saturated heterocycles. The molecule has 1 amide bonds. The van der Waals surface area contributed by atoms with Gasteiger partial charge in [0.1, 0.15) is 5.75 Å². The van der Waals surface area contributed by atoms with Gasteiger partial charge in [-0.25, -0.2) is 0 Å².